The molecule has 1 amide bonds. The first-order valence-corrected chi connectivity index (χ1v) is 7.26. The number of carbonyl (C=O) groups excluding carboxylic acids is 1. The lowest BCUT2D eigenvalue weighted by atomic mass is 10.2. The van der Waals surface area contributed by atoms with Crippen LogP contribution in [0.1, 0.15) is 12.8 Å². The van der Waals surface area contributed by atoms with Gasteiger partial charge in [0, 0.05) is 36.4 Å². The molecule has 4 nitrogen and oxygen atoms in total. The van der Waals surface area contributed by atoms with E-state index in [4.69, 9.17) is 0 Å². The number of rotatable bonds is 5. The van der Waals surface area contributed by atoms with Crippen molar-refractivity contribution in [2.24, 2.45) is 0 Å². The second kappa shape index (κ2) is 6.75. The lowest BCUT2D eigenvalue weighted by molar-refractivity contribution is -0.129. The Kier molecular flexibility index (Phi) is 5.01. The van der Waals surface area contributed by atoms with Gasteiger partial charge in [-0.3, -0.25) is 9.78 Å². The molecule has 1 aliphatic rings. The Labute approximate surface area is 112 Å². The first-order chi connectivity index (χ1) is 8.81. The van der Waals surface area contributed by atoms with Gasteiger partial charge in [-0.05, 0) is 32.0 Å². The average molecular weight is 265 g/mol. The maximum Gasteiger partial charge on any atom is 0.233 e. The number of pyridine rings is 1. The Morgan fingerprint density at radius 1 is 1.56 bits per heavy atom. The number of amides is 1. The van der Waals surface area contributed by atoms with Gasteiger partial charge in [0.25, 0.3) is 0 Å². The number of hydrogen-bond acceptors (Lipinski definition) is 4. The predicted molar refractivity (Wildman–Crippen MR) is 73.6 cm³/mol. The zero-order valence-corrected chi connectivity index (χ0v) is 11.4. The Hall–Kier alpha value is -1.07. The van der Waals surface area contributed by atoms with E-state index in [1.165, 1.54) is 0 Å². The number of carbonyl (C=O) groups is 1. The van der Waals surface area contributed by atoms with Crippen LogP contribution >= 0.6 is 11.8 Å². The van der Waals surface area contributed by atoms with E-state index >= 15 is 0 Å². The van der Waals surface area contributed by atoms with Gasteiger partial charge in [-0.1, -0.05) is 0 Å². The second-order valence-electron chi connectivity index (χ2n) is 4.41. The molecule has 5 heteroatoms. The fourth-order valence-corrected chi connectivity index (χ4v) is 3.04. The fourth-order valence-electron chi connectivity index (χ4n) is 2.27. The molecule has 0 aromatic carbocycles. The molecule has 1 N–H and O–H groups in total. The molecule has 98 valence electrons. The molecule has 1 aliphatic heterocycles. The third kappa shape index (κ3) is 3.46. The van der Waals surface area contributed by atoms with E-state index in [2.05, 4.69) is 10.3 Å². The highest BCUT2D eigenvalue weighted by molar-refractivity contribution is 8.00. The Balaban J connectivity index is 1.84. The summed E-state index contributed by atoms with van der Waals surface area (Å²) in [5, 5.41) is 3.16. The summed E-state index contributed by atoms with van der Waals surface area (Å²) in [6.07, 6.45) is 5.75. The molecule has 1 aromatic heterocycles. The van der Waals surface area contributed by atoms with Crippen LogP contribution in [0.5, 0.6) is 0 Å². The molecule has 0 aliphatic carbocycles. The molecule has 1 atom stereocenters. The summed E-state index contributed by atoms with van der Waals surface area (Å²) < 4.78 is 0. The summed E-state index contributed by atoms with van der Waals surface area (Å²) in [6, 6.07) is 4.25. The number of thioether (sulfide) groups is 1. The van der Waals surface area contributed by atoms with Crippen molar-refractivity contribution in [1.82, 2.24) is 15.2 Å². The molecule has 2 rings (SSSR count). The first-order valence-electron chi connectivity index (χ1n) is 6.28. The highest BCUT2D eigenvalue weighted by Crippen LogP contribution is 2.21. The topological polar surface area (TPSA) is 45.2 Å². The smallest absolute Gasteiger partial charge is 0.233 e. The SMILES string of the molecule is CNCC1CCCN1C(=O)CSc1ccncc1. The molecule has 0 bridgehead atoms. The quantitative estimate of drug-likeness (QED) is 0.817. The number of nitrogens with zero attached hydrogens (tertiary/aromatic N) is 2. The van der Waals surface area contributed by atoms with Crippen LogP contribution in [-0.4, -0.2) is 47.7 Å². The van der Waals surface area contributed by atoms with E-state index in [1.807, 2.05) is 24.1 Å². The lowest BCUT2D eigenvalue weighted by Gasteiger charge is -2.24. The van der Waals surface area contributed by atoms with Crippen molar-refractivity contribution in [3.8, 4) is 0 Å². The van der Waals surface area contributed by atoms with Crippen LogP contribution < -0.4 is 5.32 Å². The van der Waals surface area contributed by atoms with Crippen molar-refractivity contribution in [3.63, 3.8) is 0 Å². The van der Waals surface area contributed by atoms with Crippen LogP contribution in [0.15, 0.2) is 29.4 Å². The molecule has 1 unspecified atom stereocenters. The summed E-state index contributed by atoms with van der Waals surface area (Å²) in [5.41, 5.74) is 0. The Bertz CT molecular complexity index is 385. The fraction of sp³-hybridized carbons (Fsp3) is 0.538. The first kappa shape index (κ1) is 13.4. The maximum absolute atomic E-state index is 12.2. The molecule has 2 heterocycles. The van der Waals surface area contributed by atoms with Crippen molar-refractivity contribution in [1.29, 1.82) is 0 Å². The van der Waals surface area contributed by atoms with E-state index < -0.39 is 0 Å². The second-order valence-corrected chi connectivity index (χ2v) is 5.46. The number of aromatic nitrogens is 1. The summed E-state index contributed by atoms with van der Waals surface area (Å²) in [6.45, 7) is 1.80. The number of hydrogen-bond donors (Lipinski definition) is 1. The van der Waals surface area contributed by atoms with Gasteiger partial charge in [0.15, 0.2) is 0 Å². The third-order valence-electron chi connectivity index (χ3n) is 3.15. The molecule has 1 saturated heterocycles. The van der Waals surface area contributed by atoms with Gasteiger partial charge in [0.1, 0.15) is 0 Å². The minimum Gasteiger partial charge on any atom is -0.338 e. The van der Waals surface area contributed by atoms with Gasteiger partial charge in [0.2, 0.25) is 5.91 Å². The largest absolute Gasteiger partial charge is 0.338 e. The van der Waals surface area contributed by atoms with Gasteiger partial charge < -0.3 is 10.2 Å². The van der Waals surface area contributed by atoms with Gasteiger partial charge in [0.05, 0.1) is 5.75 Å². The van der Waals surface area contributed by atoms with Crippen LogP contribution in [0, 0.1) is 0 Å². The monoisotopic (exact) mass is 265 g/mol. The predicted octanol–water partition coefficient (Wildman–Crippen LogP) is 1.38. The Morgan fingerprint density at radius 2 is 2.33 bits per heavy atom. The van der Waals surface area contributed by atoms with Crippen LogP contribution in [0.25, 0.3) is 0 Å². The van der Waals surface area contributed by atoms with Crippen LogP contribution in [0.3, 0.4) is 0 Å². The van der Waals surface area contributed by atoms with Crippen molar-refractivity contribution in [2.45, 2.75) is 23.8 Å². The molecule has 0 radical (unpaired) electrons. The van der Waals surface area contributed by atoms with Gasteiger partial charge in [-0.25, -0.2) is 0 Å². The zero-order chi connectivity index (χ0) is 12.8. The van der Waals surface area contributed by atoms with Crippen LogP contribution in [0.2, 0.25) is 0 Å². The van der Waals surface area contributed by atoms with E-state index in [9.17, 15) is 4.79 Å². The van der Waals surface area contributed by atoms with E-state index in [0.29, 0.717) is 11.8 Å². The Morgan fingerprint density at radius 3 is 3.06 bits per heavy atom. The molecule has 0 spiro atoms. The molecular weight excluding hydrogens is 246 g/mol. The summed E-state index contributed by atoms with van der Waals surface area (Å²) >= 11 is 1.58. The summed E-state index contributed by atoms with van der Waals surface area (Å²) in [4.78, 5) is 19.3. The molecule has 0 saturated carbocycles. The van der Waals surface area contributed by atoms with Gasteiger partial charge in [-0.2, -0.15) is 0 Å². The average Bonchev–Trinajstić information content (AvgIpc) is 2.86. The number of likely N-dealkylation sites (N-methyl/N-ethyl adjacent to an activating group) is 1. The van der Waals surface area contributed by atoms with Gasteiger partial charge >= 0.3 is 0 Å². The molecule has 1 aromatic rings. The highest BCUT2D eigenvalue weighted by Gasteiger charge is 2.27. The van der Waals surface area contributed by atoms with E-state index in [-0.39, 0.29) is 5.91 Å². The minimum atomic E-state index is 0.245. The van der Waals surface area contributed by atoms with Crippen LogP contribution in [-0.2, 0) is 4.79 Å². The maximum atomic E-state index is 12.2. The van der Waals surface area contributed by atoms with Gasteiger partial charge in [-0.15, -0.1) is 11.8 Å². The van der Waals surface area contributed by atoms with Crippen molar-refractivity contribution < 1.29 is 4.79 Å². The zero-order valence-electron chi connectivity index (χ0n) is 10.6. The molecule has 18 heavy (non-hydrogen) atoms. The minimum absolute atomic E-state index is 0.245. The molecular formula is C13H19N3OS. The number of nitrogens with one attached hydrogen (secondary N) is 1. The highest BCUT2D eigenvalue weighted by atomic mass is 32.2. The van der Waals surface area contributed by atoms with E-state index in [1.54, 1.807) is 24.2 Å². The summed E-state index contributed by atoms with van der Waals surface area (Å²) in [5.74, 6) is 0.763. The van der Waals surface area contributed by atoms with Crippen molar-refractivity contribution >= 4 is 17.7 Å². The van der Waals surface area contributed by atoms with E-state index in [0.717, 1.165) is 30.8 Å². The van der Waals surface area contributed by atoms with Crippen molar-refractivity contribution in [3.05, 3.63) is 24.5 Å². The lowest BCUT2D eigenvalue weighted by Crippen LogP contribution is -2.41. The summed E-state index contributed by atoms with van der Waals surface area (Å²) in [7, 11) is 1.94. The third-order valence-corrected chi connectivity index (χ3v) is 4.15. The standard InChI is InChI=1S/C13H19N3OS/c1-14-9-11-3-2-8-16(11)13(17)10-18-12-4-6-15-7-5-12/h4-7,11,14H,2-3,8-10H2,1H3. The number of likely N-dealkylation sites (tertiary alicyclic amines) is 1. The van der Waals surface area contributed by atoms with Crippen LogP contribution in [0.4, 0.5) is 0 Å². The van der Waals surface area contributed by atoms with Crippen molar-refractivity contribution in [2.75, 3.05) is 25.9 Å². The molecule has 1 fully saturated rings. The normalized spacial score (nSPS) is 19.2.